The van der Waals surface area contributed by atoms with E-state index in [1.807, 2.05) is 0 Å². The molecule has 2 atom stereocenters. The van der Waals surface area contributed by atoms with Gasteiger partial charge in [-0.15, -0.1) is 0 Å². The van der Waals surface area contributed by atoms with Gasteiger partial charge in [0.15, 0.2) is 6.10 Å². The number of ether oxygens (including phenoxy) is 3. The van der Waals surface area contributed by atoms with Crippen molar-refractivity contribution in [3.8, 4) is 0 Å². The van der Waals surface area contributed by atoms with E-state index >= 15 is 0 Å². The Morgan fingerprint density at radius 2 is 0.538 bits per heavy atom. The second kappa shape index (κ2) is 53.4. The molecule has 0 aromatic rings. The van der Waals surface area contributed by atoms with Crippen molar-refractivity contribution in [3.63, 3.8) is 0 Å². The van der Waals surface area contributed by atoms with Crippen LogP contribution in [0.5, 0.6) is 0 Å². The third-order valence-corrected chi connectivity index (χ3v) is 13.9. The largest absolute Gasteiger partial charge is 0.462 e. The van der Waals surface area contributed by atoms with Crippen molar-refractivity contribution in [2.24, 2.45) is 5.92 Å². The molecule has 0 aromatic carbocycles. The molecule has 65 heavy (non-hydrogen) atoms. The standard InChI is InChI=1S/C59H114O6/c1-5-8-10-12-14-16-18-20-22-23-24-26-27-29-34-38-42-46-50-57(60)63-53-56(54-64-58(61)51-47-43-39-35-32-31-33-37-41-45-49-55(4)7-3)65-59(62)52-48-44-40-36-30-28-25-21-19-17-15-13-11-9-6-2/h55-56H,5-54H2,1-4H3/t55?,56-/m0/s1. The Bertz CT molecular complexity index is 982. The van der Waals surface area contributed by atoms with Gasteiger partial charge in [0.25, 0.3) is 0 Å². The van der Waals surface area contributed by atoms with E-state index in [1.165, 1.54) is 231 Å². The highest BCUT2D eigenvalue weighted by atomic mass is 16.6. The Morgan fingerprint density at radius 3 is 0.800 bits per heavy atom. The molecule has 6 heteroatoms. The predicted octanol–water partition coefficient (Wildman–Crippen LogP) is 19.4. The molecule has 0 fully saturated rings. The number of rotatable bonds is 54. The van der Waals surface area contributed by atoms with Crippen LogP contribution in [0.3, 0.4) is 0 Å². The van der Waals surface area contributed by atoms with Gasteiger partial charge in [-0.1, -0.05) is 297 Å². The predicted molar refractivity (Wildman–Crippen MR) is 280 cm³/mol. The second-order valence-corrected chi connectivity index (χ2v) is 20.5. The van der Waals surface area contributed by atoms with Crippen LogP contribution in [0.2, 0.25) is 0 Å². The van der Waals surface area contributed by atoms with Crippen molar-refractivity contribution in [1.82, 2.24) is 0 Å². The summed E-state index contributed by atoms with van der Waals surface area (Å²) in [7, 11) is 0. The summed E-state index contributed by atoms with van der Waals surface area (Å²) in [5, 5.41) is 0. The minimum atomic E-state index is -0.762. The molecule has 0 radical (unpaired) electrons. The molecule has 0 rings (SSSR count). The Balaban J connectivity index is 4.29. The van der Waals surface area contributed by atoms with E-state index < -0.39 is 6.10 Å². The molecule has 0 aliphatic carbocycles. The first kappa shape index (κ1) is 63.4. The van der Waals surface area contributed by atoms with Gasteiger partial charge in [-0.3, -0.25) is 14.4 Å². The molecule has 0 aliphatic heterocycles. The lowest BCUT2D eigenvalue weighted by molar-refractivity contribution is -0.167. The second-order valence-electron chi connectivity index (χ2n) is 20.5. The van der Waals surface area contributed by atoms with Crippen LogP contribution in [0, 0.1) is 5.92 Å². The minimum Gasteiger partial charge on any atom is -0.462 e. The Morgan fingerprint density at radius 1 is 0.308 bits per heavy atom. The summed E-state index contributed by atoms with van der Waals surface area (Å²) in [4.78, 5) is 38.2. The molecule has 0 saturated carbocycles. The fourth-order valence-corrected chi connectivity index (χ4v) is 9.07. The van der Waals surface area contributed by atoms with Gasteiger partial charge < -0.3 is 14.2 Å². The zero-order chi connectivity index (χ0) is 47.4. The highest BCUT2D eigenvalue weighted by Crippen LogP contribution is 2.18. The lowest BCUT2D eigenvalue weighted by Gasteiger charge is -2.18. The van der Waals surface area contributed by atoms with Crippen LogP contribution in [0.4, 0.5) is 0 Å². The van der Waals surface area contributed by atoms with Gasteiger partial charge in [0.1, 0.15) is 13.2 Å². The van der Waals surface area contributed by atoms with Crippen molar-refractivity contribution in [2.75, 3.05) is 13.2 Å². The van der Waals surface area contributed by atoms with Crippen molar-refractivity contribution in [3.05, 3.63) is 0 Å². The first-order valence-electron chi connectivity index (χ1n) is 29.4. The topological polar surface area (TPSA) is 78.9 Å². The van der Waals surface area contributed by atoms with Crippen LogP contribution < -0.4 is 0 Å². The normalized spacial score (nSPS) is 12.4. The lowest BCUT2D eigenvalue weighted by atomic mass is 9.99. The first-order valence-corrected chi connectivity index (χ1v) is 29.4. The average Bonchev–Trinajstić information content (AvgIpc) is 3.30. The fourth-order valence-electron chi connectivity index (χ4n) is 9.07. The number of hydrogen-bond acceptors (Lipinski definition) is 6. The summed E-state index contributed by atoms with van der Waals surface area (Å²) >= 11 is 0. The summed E-state index contributed by atoms with van der Waals surface area (Å²) < 4.78 is 16.9. The third-order valence-electron chi connectivity index (χ3n) is 13.9. The summed E-state index contributed by atoms with van der Waals surface area (Å²) in [5.41, 5.74) is 0. The lowest BCUT2D eigenvalue weighted by Crippen LogP contribution is -2.30. The van der Waals surface area contributed by atoms with Gasteiger partial charge >= 0.3 is 17.9 Å². The van der Waals surface area contributed by atoms with Crippen LogP contribution >= 0.6 is 0 Å². The van der Waals surface area contributed by atoms with E-state index in [1.54, 1.807) is 0 Å². The van der Waals surface area contributed by atoms with Crippen LogP contribution in [0.25, 0.3) is 0 Å². The molecule has 386 valence electrons. The molecule has 0 spiro atoms. The van der Waals surface area contributed by atoms with Gasteiger partial charge in [0.05, 0.1) is 0 Å². The van der Waals surface area contributed by atoms with Crippen molar-refractivity contribution < 1.29 is 28.6 Å². The van der Waals surface area contributed by atoms with Gasteiger partial charge in [-0.05, 0) is 25.2 Å². The quantitative estimate of drug-likeness (QED) is 0.0344. The highest BCUT2D eigenvalue weighted by Gasteiger charge is 2.19. The average molecular weight is 920 g/mol. The SMILES string of the molecule is CCCCCCCCCCCCCCCCCCCCC(=O)OC[C@@H](COC(=O)CCCCCCCCCCCCC(C)CC)OC(=O)CCCCCCCCCCCCCCCCC. The zero-order valence-corrected chi connectivity index (χ0v) is 44.5. The maximum Gasteiger partial charge on any atom is 0.306 e. The van der Waals surface area contributed by atoms with Crippen molar-refractivity contribution >= 4 is 17.9 Å². The molecule has 0 amide bonds. The Kier molecular flexibility index (Phi) is 52.1. The monoisotopic (exact) mass is 919 g/mol. The van der Waals surface area contributed by atoms with Crippen molar-refractivity contribution in [2.45, 2.75) is 342 Å². The van der Waals surface area contributed by atoms with E-state index in [4.69, 9.17) is 14.2 Å². The van der Waals surface area contributed by atoms with Gasteiger partial charge in [-0.25, -0.2) is 0 Å². The number of carbonyl (C=O) groups is 3. The van der Waals surface area contributed by atoms with E-state index in [9.17, 15) is 14.4 Å². The van der Waals surface area contributed by atoms with Gasteiger partial charge in [0, 0.05) is 19.3 Å². The number of hydrogen-bond donors (Lipinski definition) is 0. The molecule has 0 bridgehead atoms. The Labute approximate surface area is 406 Å². The van der Waals surface area contributed by atoms with Gasteiger partial charge in [0.2, 0.25) is 0 Å². The molecular formula is C59H114O6. The number of carbonyl (C=O) groups excluding carboxylic acids is 3. The number of unbranched alkanes of at least 4 members (excludes halogenated alkanes) is 40. The zero-order valence-electron chi connectivity index (χ0n) is 44.5. The first-order chi connectivity index (χ1) is 31.9. The molecule has 0 aromatic heterocycles. The van der Waals surface area contributed by atoms with Crippen LogP contribution in [0.1, 0.15) is 336 Å². The molecule has 6 nitrogen and oxygen atoms in total. The third kappa shape index (κ3) is 51.6. The number of esters is 3. The van der Waals surface area contributed by atoms with E-state index in [-0.39, 0.29) is 31.1 Å². The molecule has 0 saturated heterocycles. The van der Waals surface area contributed by atoms with Gasteiger partial charge in [-0.2, -0.15) is 0 Å². The molecule has 0 heterocycles. The van der Waals surface area contributed by atoms with E-state index in [0.717, 1.165) is 63.7 Å². The fraction of sp³-hybridized carbons (Fsp3) is 0.949. The van der Waals surface area contributed by atoms with Crippen LogP contribution in [-0.2, 0) is 28.6 Å². The summed E-state index contributed by atoms with van der Waals surface area (Å²) in [6.45, 7) is 9.08. The summed E-state index contributed by atoms with van der Waals surface area (Å²) in [6.07, 6.45) is 58.0. The maximum absolute atomic E-state index is 12.8. The summed E-state index contributed by atoms with van der Waals surface area (Å²) in [5.74, 6) is 0.0348. The van der Waals surface area contributed by atoms with E-state index in [0.29, 0.717) is 19.3 Å². The minimum absolute atomic E-state index is 0.0619. The van der Waals surface area contributed by atoms with Crippen molar-refractivity contribution in [1.29, 1.82) is 0 Å². The maximum atomic E-state index is 12.8. The molecule has 1 unspecified atom stereocenters. The summed E-state index contributed by atoms with van der Waals surface area (Å²) in [6, 6.07) is 0. The molecule has 0 N–H and O–H groups in total. The van der Waals surface area contributed by atoms with Crippen LogP contribution in [0.15, 0.2) is 0 Å². The Hall–Kier alpha value is -1.59. The van der Waals surface area contributed by atoms with Crippen LogP contribution in [-0.4, -0.2) is 37.2 Å². The smallest absolute Gasteiger partial charge is 0.306 e. The molecule has 0 aliphatic rings. The molecular weight excluding hydrogens is 805 g/mol. The van der Waals surface area contributed by atoms with E-state index in [2.05, 4.69) is 27.7 Å². The highest BCUT2D eigenvalue weighted by molar-refractivity contribution is 5.71.